The second-order valence-electron chi connectivity index (χ2n) is 10.1. The van der Waals surface area contributed by atoms with Gasteiger partial charge in [-0.15, -0.1) is 0 Å². The molecule has 2 heteroatoms. The maximum Gasteiger partial charge on any atom is 0.305 e. The average Bonchev–Trinajstić information content (AvgIpc) is 2.84. The summed E-state index contributed by atoms with van der Waals surface area (Å²) in [5, 5.41) is 0. The number of hydrogen-bond acceptors (Lipinski definition) is 2. The summed E-state index contributed by atoms with van der Waals surface area (Å²) in [5.41, 5.74) is 0. The van der Waals surface area contributed by atoms with Crippen LogP contribution in [0.4, 0.5) is 0 Å². The minimum atomic E-state index is -0.00956. The lowest BCUT2D eigenvalue weighted by Crippen LogP contribution is -2.05. The number of carbonyl (C=O) groups is 1. The third-order valence-corrected chi connectivity index (χ3v) is 6.59. The van der Waals surface area contributed by atoms with Gasteiger partial charge in [-0.25, -0.2) is 0 Å². The molecule has 0 atom stereocenters. The van der Waals surface area contributed by atoms with E-state index in [4.69, 9.17) is 4.74 Å². The molecule has 0 radical (unpaired) electrons. The number of unbranched alkanes of at least 4 members (excludes halogenated alkanes) is 19. The van der Waals surface area contributed by atoms with Crippen molar-refractivity contribution in [1.29, 1.82) is 0 Å². The summed E-state index contributed by atoms with van der Waals surface area (Å²) >= 11 is 0. The van der Waals surface area contributed by atoms with Gasteiger partial charge in [0.15, 0.2) is 0 Å². The van der Waals surface area contributed by atoms with Crippen LogP contribution in [0.1, 0.15) is 168 Å². The van der Waals surface area contributed by atoms with Gasteiger partial charge in [0.1, 0.15) is 0 Å². The number of hydrogen-bond donors (Lipinski definition) is 0. The van der Waals surface area contributed by atoms with Crippen molar-refractivity contribution >= 4 is 5.97 Å². The first-order chi connectivity index (χ1) is 16.8. The monoisotopic (exact) mass is 476 g/mol. The molecule has 0 spiro atoms. The van der Waals surface area contributed by atoms with E-state index in [9.17, 15) is 4.79 Å². The summed E-state index contributed by atoms with van der Waals surface area (Å²) in [5.74, 6) is -0.00956. The highest BCUT2D eigenvalue weighted by molar-refractivity contribution is 5.69. The number of ether oxygens (including phenoxy) is 1. The molecule has 0 saturated carbocycles. The lowest BCUT2D eigenvalue weighted by Gasteiger charge is -2.05. The molecule has 200 valence electrons. The van der Waals surface area contributed by atoms with Gasteiger partial charge in [0.2, 0.25) is 0 Å². The Morgan fingerprint density at radius 1 is 0.500 bits per heavy atom. The van der Waals surface area contributed by atoms with Gasteiger partial charge in [-0.2, -0.15) is 0 Å². The van der Waals surface area contributed by atoms with Crippen LogP contribution < -0.4 is 0 Å². The van der Waals surface area contributed by atoms with Crippen molar-refractivity contribution in [3.63, 3.8) is 0 Å². The lowest BCUT2D eigenvalue weighted by atomic mass is 10.1. The van der Waals surface area contributed by atoms with Gasteiger partial charge in [-0.3, -0.25) is 4.79 Å². The van der Waals surface area contributed by atoms with Gasteiger partial charge < -0.3 is 4.74 Å². The first-order valence-electron chi connectivity index (χ1n) is 15.3. The Morgan fingerprint density at radius 2 is 0.912 bits per heavy atom. The van der Waals surface area contributed by atoms with Crippen molar-refractivity contribution in [3.05, 3.63) is 24.3 Å². The van der Waals surface area contributed by atoms with Crippen LogP contribution in [-0.2, 0) is 9.53 Å². The van der Waals surface area contributed by atoms with Crippen LogP contribution in [0.2, 0.25) is 0 Å². The number of rotatable bonds is 27. The van der Waals surface area contributed by atoms with E-state index in [2.05, 4.69) is 38.2 Å². The molecular formula is C32H60O2. The molecule has 0 aromatic carbocycles. The molecule has 0 aliphatic rings. The predicted octanol–water partition coefficient (Wildman–Crippen LogP) is 11.0. The molecule has 2 nitrogen and oxygen atoms in total. The van der Waals surface area contributed by atoms with Gasteiger partial charge in [0.05, 0.1) is 6.61 Å². The smallest absolute Gasteiger partial charge is 0.305 e. The normalized spacial score (nSPS) is 11.7. The lowest BCUT2D eigenvalue weighted by molar-refractivity contribution is -0.143. The second-order valence-corrected chi connectivity index (χ2v) is 10.1. The molecule has 0 saturated heterocycles. The molecule has 0 aliphatic heterocycles. The predicted molar refractivity (Wildman–Crippen MR) is 151 cm³/mol. The molecular weight excluding hydrogens is 416 g/mol. The maximum absolute atomic E-state index is 11.8. The Morgan fingerprint density at radius 3 is 1.41 bits per heavy atom. The summed E-state index contributed by atoms with van der Waals surface area (Å²) in [7, 11) is 0. The van der Waals surface area contributed by atoms with Crippen molar-refractivity contribution in [2.24, 2.45) is 0 Å². The average molecular weight is 477 g/mol. The third-order valence-electron chi connectivity index (χ3n) is 6.59. The first kappa shape index (κ1) is 33.0. The number of allylic oxidation sites excluding steroid dienone is 4. The van der Waals surface area contributed by atoms with Gasteiger partial charge in [-0.05, 0) is 44.9 Å². The molecule has 0 aliphatic carbocycles. The Balaban J connectivity index is 3.27. The molecule has 0 aromatic rings. The van der Waals surface area contributed by atoms with E-state index in [1.807, 2.05) is 0 Å². The van der Waals surface area contributed by atoms with Crippen molar-refractivity contribution < 1.29 is 9.53 Å². The van der Waals surface area contributed by atoms with E-state index < -0.39 is 0 Å². The highest BCUT2D eigenvalue weighted by atomic mass is 16.5. The fraction of sp³-hybridized carbons (Fsp3) is 0.844. The Kier molecular flexibility index (Phi) is 29.1. The summed E-state index contributed by atoms with van der Waals surface area (Å²) in [4.78, 5) is 11.8. The van der Waals surface area contributed by atoms with Gasteiger partial charge >= 0.3 is 5.97 Å². The zero-order valence-corrected chi connectivity index (χ0v) is 23.3. The Hall–Kier alpha value is -1.05. The quantitative estimate of drug-likeness (QED) is 0.0669. The highest BCUT2D eigenvalue weighted by Crippen LogP contribution is 2.12. The van der Waals surface area contributed by atoms with Crippen LogP contribution in [0.15, 0.2) is 24.3 Å². The molecule has 0 unspecified atom stereocenters. The van der Waals surface area contributed by atoms with E-state index in [-0.39, 0.29) is 5.97 Å². The number of carbonyl (C=O) groups excluding carboxylic acids is 1. The van der Waals surface area contributed by atoms with Crippen LogP contribution in [0.25, 0.3) is 0 Å². The fourth-order valence-electron chi connectivity index (χ4n) is 4.28. The van der Waals surface area contributed by atoms with Gasteiger partial charge in [0, 0.05) is 6.42 Å². The minimum Gasteiger partial charge on any atom is -0.466 e. The Bertz CT molecular complexity index is 452. The maximum atomic E-state index is 11.8. The highest BCUT2D eigenvalue weighted by Gasteiger charge is 2.02. The Labute approximate surface area is 214 Å². The summed E-state index contributed by atoms with van der Waals surface area (Å²) in [6, 6.07) is 0. The number of esters is 1. The fourth-order valence-corrected chi connectivity index (χ4v) is 4.28. The minimum absolute atomic E-state index is 0.00956. The zero-order valence-electron chi connectivity index (χ0n) is 23.3. The van der Waals surface area contributed by atoms with E-state index in [0.29, 0.717) is 13.0 Å². The standard InChI is InChI=1S/C32H60O2/c1-3-5-7-9-11-13-15-17-18-19-20-22-24-26-28-30-32(33)34-31-29-27-25-23-21-16-14-12-10-8-6-4-2/h17-18,20,22H,3-16,19,21,23-31H2,1-2H3/b18-17+,22-20+. The molecule has 34 heavy (non-hydrogen) atoms. The van der Waals surface area contributed by atoms with Crippen LogP contribution in [-0.4, -0.2) is 12.6 Å². The topological polar surface area (TPSA) is 26.3 Å². The van der Waals surface area contributed by atoms with E-state index in [1.54, 1.807) is 0 Å². The van der Waals surface area contributed by atoms with Crippen molar-refractivity contribution in [2.75, 3.05) is 6.61 Å². The van der Waals surface area contributed by atoms with Gasteiger partial charge in [-0.1, -0.05) is 141 Å². The molecule has 0 aromatic heterocycles. The van der Waals surface area contributed by atoms with Crippen LogP contribution >= 0.6 is 0 Å². The van der Waals surface area contributed by atoms with Crippen LogP contribution in [0.3, 0.4) is 0 Å². The summed E-state index contributed by atoms with van der Waals surface area (Å²) < 4.78 is 5.39. The summed E-state index contributed by atoms with van der Waals surface area (Å²) in [6.07, 6.45) is 39.3. The van der Waals surface area contributed by atoms with E-state index in [0.717, 1.165) is 32.1 Å². The largest absolute Gasteiger partial charge is 0.466 e. The van der Waals surface area contributed by atoms with Crippen molar-refractivity contribution in [1.82, 2.24) is 0 Å². The van der Waals surface area contributed by atoms with Crippen LogP contribution in [0.5, 0.6) is 0 Å². The van der Waals surface area contributed by atoms with Crippen molar-refractivity contribution in [3.8, 4) is 0 Å². The molecule has 0 bridgehead atoms. The first-order valence-corrected chi connectivity index (χ1v) is 15.3. The molecule has 0 fully saturated rings. The van der Waals surface area contributed by atoms with Crippen LogP contribution in [0, 0.1) is 0 Å². The van der Waals surface area contributed by atoms with Crippen molar-refractivity contribution in [2.45, 2.75) is 168 Å². The summed E-state index contributed by atoms with van der Waals surface area (Å²) in [6.45, 7) is 5.16. The SMILES string of the molecule is CCCCCCCC/C=C/C/C=C/CCCCC(=O)OCCCCCCCCCCCCCC. The second kappa shape index (κ2) is 30.0. The molecule has 0 heterocycles. The third kappa shape index (κ3) is 29.0. The molecule has 0 amide bonds. The zero-order chi connectivity index (χ0) is 24.8. The molecule has 0 rings (SSSR count). The van der Waals surface area contributed by atoms with E-state index in [1.165, 1.54) is 116 Å². The van der Waals surface area contributed by atoms with E-state index >= 15 is 0 Å². The molecule has 0 N–H and O–H groups in total. The van der Waals surface area contributed by atoms with Gasteiger partial charge in [0.25, 0.3) is 0 Å².